The molecule has 3 aromatic rings. The molecule has 0 aliphatic carbocycles. The first-order valence-electron chi connectivity index (χ1n) is 10.1. The highest BCUT2D eigenvalue weighted by atomic mass is 19.1. The zero-order valence-corrected chi connectivity index (χ0v) is 18.5. The number of aromatic nitrogens is 3. The first-order chi connectivity index (χ1) is 15.6. The molecular formula is C22H22FN7O3. The molecular weight excluding hydrogens is 429 g/mol. The Kier molecular flexibility index (Phi) is 5.40. The van der Waals surface area contributed by atoms with Crippen molar-refractivity contribution in [3.63, 3.8) is 0 Å². The first kappa shape index (κ1) is 22.1. The number of nitrogens with one attached hydrogen (secondary N) is 1. The molecule has 3 heterocycles. The smallest absolute Gasteiger partial charge is 0.275 e. The summed E-state index contributed by atoms with van der Waals surface area (Å²) in [4.78, 5) is 39.0. The highest BCUT2D eigenvalue weighted by Gasteiger charge is 2.38. The van der Waals surface area contributed by atoms with Gasteiger partial charge in [-0.25, -0.2) is 14.4 Å². The number of carbonyl (C=O) groups excluding carboxylic acids is 2. The van der Waals surface area contributed by atoms with E-state index in [1.165, 1.54) is 42.5 Å². The molecule has 2 aromatic heterocycles. The second-order valence-corrected chi connectivity index (χ2v) is 8.01. The summed E-state index contributed by atoms with van der Waals surface area (Å²) in [6.07, 6.45) is 2.73. The lowest BCUT2D eigenvalue weighted by molar-refractivity contribution is -0.128. The minimum atomic E-state index is -1.20. The van der Waals surface area contributed by atoms with Gasteiger partial charge in [-0.15, -0.1) is 0 Å². The number of rotatable bonds is 4. The number of amides is 2. The molecule has 33 heavy (non-hydrogen) atoms. The molecule has 0 saturated carbocycles. The van der Waals surface area contributed by atoms with Crippen molar-refractivity contribution < 1.29 is 18.5 Å². The lowest BCUT2D eigenvalue weighted by atomic mass is 9.87. The fourth-order valence-electron chi connectivity index (χ4n) is 3.70. The normalized spacial score (nSPS) is 18.3. The van der Waals surface area contributed by atoms with E-state index >= 15 is 0 Å². The van der Waals surface area contributed by atoms with Crippen molar-refractivity contribution in [3.8, 4) is 11.3 Å². The number of halogens is 1. The second-order valence-electron chi connectivity index (χ2n) is 8.01. The quantitative estimate of drug-likeness (QED) is 0.621. The highest BCUT2D eigenvalue weighted by Crippen LogP contribution is 2.36. The minimum absolute atomic E-state index is 0.00347. The van der Waals surface area contributed by atoms with Crippen molar-refractivity contribution in [2.75, 3.05) is 12.4 Å². The number of carbonyl (C=O) groups is 2. The molecule has 0 radical (unpaired) electrons. The number of aryl methyl sites for hydroxylation is 2. The Bertz CT molecular complexity index is 1270. The van der Waals surface area contributed by atoms with Gasteiger partial charge in [0.25, 0.3) is 5.91 Å². The predicted octanol–water partition coefficient (Wildman–Crippen LogP) is 2.53. The zero-order chi connectivity index (χ0) is 23.9. The lowest BCUT2D eigenvalue weighted by Gasteiger charge is -2.34. The van der Waals surface area contributed by atoms with Crippen molar-refractivity contribution in [1.82, 2.24) is 20.0 Å². The van der Waals surface area contributed by atoms with Crippen molar-refractivity contribution in [2.45, 2.75) is 32.7 Å². The Morgan fingerprint density at radius 1 is 1.27 bits per heavy atom. The van der Waals surface area contributed by atoms with Crippen LogP contribution in [0.4, 0.5) is 10.1 Å². The van der Waals surface area contributed by atoms with E-state index in [0.717, 1.165) is 5.56 Å². The third kappa shape index (κ3) is 4.04. The van der Waals surface area contributed by atoms with Crippen LogP contribution in [0.15, 0.2) is 40.1 Å². The van der Waals surface area contributed by atoms with E-state index in [0.29, 0.717) is 22.8 Å². The molecule has 0 spiro atoms. The van der Waals surface area contributed by atoms with Gasteiger partial charge in [0.1, 0.15) is 17.3 Å². The van der Waals surface area contributed by atoms with Crippen LogP contribution in [-0.4, -0.2) is 44.8 Å². The van der Waals surface area contributed by atoms with Gasteiger partial charge in [0, 0.05) is 18.3 Å². The average molecular weight is 451 g/mol. The second kappa shape index (κ2) is 8.08. The van der Waals surface area contributed by atoms with E-state index in [2.05, 4.69) is 25.4 Å². The number of guanidine groups is 1. The Balaban J connectivity index is 1.58. The molecule has 1 aliphatic heterocycles. The molecule has 4 rings (SSSR count). The van der Waals surface area contributed by atoms with Crippen LogP contribution in [-0.2, 0) is 10.3 Å². The number of anilines is 1. The first-order valence-corrected chi connectivity index (χ1v) is 10.1. The van der Waals surface area contributed by atoms with E-state index in [-0.39, 0.29) is 29.5 Å². The van der Waals surface area contributed by atoms with Crippen LogP contribution >= 0.6 is 0 Å². The SMILES string of the molecule is Cc1noc(C)c1-c1cnc(C(=O)Nc2ccc(F)c(C3(C)CC(=O)N(C)C(N)=N3)c2)cn1. The fraction of sp³-hybridized carbons (Fsp3) is 0.273. The maximum atomic E-state index is 14.7. The van der Waals surface area contributed by atoms with Gasteiger partial charge in [-0.2, -0.15) is 0 Å². The van der Waals surface area contributed by atoms with Crippen LogP contribution in [0, 0.1) is 19.7 Å². The monoisotopic (exact) mass is 451 g/mol. The molecule has 3 N–H and O–H groups in total. The van der Waals surface area contributed by atoms with Gasteiger partial charge in [0.15, 0.2) is 5.96 Å². The average Bonchev–Trinajstić information content (AvgIpc) is 3.11. The molecule has 0 bridgehead atoms. The highest BCUT2D eigenvalue weighted by molar-refractivity contribution is 6.03. The van der Waals surface area contributed by atoms with Crippen molar-refractivity contribution >= 4 is 23.5 Å². The van der Waals surface area contributed by atoms with Crippen LogP contribution in [0.5, 0.6) is 0 Å². The Hall–Kier alpha value is -4.15. The molecule has 1 aromatic carbocycles. The summed E-state index contributed by atoms with van der Waals surface area (Å²) in [5, 5.41) is 6.56. The number of benzene rings is 1. The van der Waals surface area contributed by atoms with E-state index in [1.54, 1.807) is 20.8 Å². The Labute approximate surface area is 188 Å². The lowest BCUT2D eigenvalue weighted by Crippen LogP contribution is -2.47. The number of hydrogen-bond donors (Lipinski definition) is 2. The fourth-order valence-corrected chi connectivity index (χ4v) is 3.70. The molecule has 0 saturated heterocycles. The molecule has 170 valence electrons. The van der Waals surface area contributed by atoms with E-state index in [1.807, 2.05) is 0 Å². The summed E-state index contributed by atoms with van der Waals surface area (Å²) in [7, 11) is 1.51. The van der Waals surface area contributed by atoms with E-state index in [9.17, 15) is 14.0 Å². The Morgan fingerprint density at radius 2 is 2.03 bits per heavy atom. The van der Waals surface area contributed by atoms with Gasteiger partial charge >= 0.3 is 0 Å². The van der Waals surface area contributed by atoms with Crippen LogP contribution < -0.4 is 11.1 Å². The van der Waals surface area contributed by atoms with Gasteiger partial charge in [-0.05, 0) is 39.0 Å². The van der Waals surface area contributed by atoms with E-state index < -0.39 is 17.3 Å². The van der Waals surface area contributed by atoms with E-state index in [4.69, 9.17) is 10.3 Å². The summed E-state index contributed by atoms with van der Waals surface area (Å²) in [5.41, 5.74) is 7.08. The number of nitrogens with zero attached hydrogens (tertiary/aromatic N) is 5. The summed E-state index contributed by atoms with van der Waals surface area (Å²) in [5.74, 6) is -0.781. The number of aliphatic imine (C=N–C) groups is 1. The molecule has 1 unspecified atom stereocenters. The van der Waals surface area contributed by atoms with Crippen LogP contribution in [0.25, 0.3) is 11.3 Å². The van der Waals surface area contributed by atoms with Gasteiger partial charge in [-0.1, -0.05) is 5.16 Å². The molecule has 11 heteroatoms. The zero-order valence-electron chi connectivity index (χ0n) is 18.5. The summed E-state index contributed by atoms with van der Waals surface area (Å²) >= 11 is 0. The topological polar surface area (TPSA) is 140 Å². The van der Waals surface area contributed by atoms with Crippen molar-refractivity contribution in [1.29, 1.82) is 0 Å². The van der Waals surface area contributed by atoms with Crippen molar-refractivity contribution in [2.24, 2.45) is 10.7 Å². The molecule has 1 aliphatic rings. The van der Waals surface area contributed by atoms with Crippen LogP contribution in [0.3, 0.4) is 0 Å². The molecule has 10 nitrogen and oxygen atoms in total. The maximum absolute atomic E-state index is 14.7. The van der Waals surface area contributed by atoms with Crippen molar-refractivity contribution in [3.05, 3.63) is 59.1 Å². The van der Waals surface area contributed by atoms with Gasteiger partial charge in [-0.3, -0.25) is 19.5 Å². The molecule has 2 amide bonds. The standard InChI is InChI=1S/C22H22FN7O3/c1-11-19(12(2)33-29-11)16-9-26-17(10-25-16)20(32)27-13-5-6-15(23)14(7-13)22(3)8-18(31)30(4)21(24)28-22/h5-7,9-10H,8H2,1-4H3,(H2,24,28)(H,27,32). The van der Waals surface area contributed by atoms with Crippen LogP contribution in [0.2, 0.25) is 0 Å². The van der Waals surface area contributed by atoms with Gasteiger partial charge in [0.2, 0.25) is 5.91 Å². The molecule has 1 atom stereocenters. The van der Waals surface area contributed by atoms with Gasteiger partial charge < -0.3 is 15.6 Å². The van der Waals surface area contributed by atoms with Gasteiger partial charge in [0.05, 0.1) is 41.3 Å². The predicted molar refractivity (Wildman–Crippen MR) is 118 cm³/mol. The minimum Gasteiger partial charge on any atom is -0.369 e. The summed E-state index contributed by atoms with van der Waals surface area (Å²) < 4.78 is 19.8. The summed E-state index contributed by atoms with van der Waals surface area (Å²) in [6, 6.07) is 4.06. The third-order valence-electron chi connectivity index (χ3n) is 5.55. The third-order valence-corrected chi connectivity index (χ3v) is 5.55. The largest absolute Gasteiger partial charge is 0.369 e. The molecule has 0 fully saturated rings. The Morgan fingerprint density at radius 3 is 2.64 bits per heavy atom. The number of nitrogens with two attached hydrogens (primary N) is 1. The van der Waals surface area contributed by atoms with Crippen LogP contribution in [0.1, 0.15) is 40.9 Å². The number of hydrogen-bond acceptors (Lipinski definition) is 8. The summed E-state index contributed by atoms with van der Waals surface area (Å²) in [6.45, 7) is 5.17. The maximum Gasteiger partial charge on any atom is 0.275 e.